The summed E-state index contributed by atoms with van der Waals surface area (Å²) in [5.41, 5.74) is 3.56. The lowest BCUT2D eigenvalue weighted by molar-refractivity contribution is 0.0937. The topological polar surface area (TPSA) is 34.1 Å². The normalized spacial score (nSPS) is 11.6. The highest BCUT2D eigenvalue weighted by molar-refractivity contribution is 5.99. The molecule has 0 aliphatic carbocycles. The van der Waals surface area contributed by atoms with E-state index in [1.54, 1.807) is 0 Å². The molecule has 0 aliphatic rings. The molecule has 0 saturated carbocycles. The first kappa shape index (κ1) is 18.1. The quantitative estimate of drug-likeness (QED) is 0.705. The summed E-state index contributed by atoms with van der Waals surface area (Å²) in [4.78, 5) is 24.6. The maximum Gasteiger partial charge on any atom is 0.167 e. The first-order chi connectivity index (χ1) is 11.2. The van der Waals surface area contributed by atoms with Gasteiger partial charge in [0.05, 0.1) is 0 Å². The Morgan fingerprint density at radius 3 is 2.08 bits per heavy atom. The molecule has 0 unspecified atom stereocenters. The number of ketones is 2. The van der Waals surface area contributed by atoms with Gasteiger partial charge in [-0.15, -0.1) is 0 Å². The van der Waals surface area contributed by atoms with Crippen LogP contribution in [-0.4, -0.2) is 11.6 Å². The molecule has 0 saturated heterocycles. The van der Waals surface area contributed by atoms with Gasteiger partial charge < -0.3 is 0 Å². The lowest BCUT2D eigenvalue weighted by atomic mass is 9.86. The Labute approximate surface area is 144 Å². The second-order valence-electron chi connectivity index (χ2n) is 7.65. The predicted molar refractivity (Wildman–Crippen MR) is 98.8 cm³/mol. The summed E-state index contributed by atoms with van der Waals surface area (Å²) in [6.45, 7) is 10.2. The number of rotatable bonds is 5. The van der Waals surface area contributed by atoms with Gasteiger partial charge in [0, 0.05) is 23.5 Å². The fraction of sp³-hybridized carbons (Fsp3) is 0.364. The molecule has 0 amide bonds. The van der Waals surface area contributed by atoms with E-state index in [1.807, 2.05) is 62.4 Å². The highest BCUT2D eigenvalue weighted by atomic mass is 16.1. The van der Waals surface area contributed by atoms with Crippen molar-refractivity contribution in [1.29, 1.82) is 0 Å². The van der Waals surface area contributed by atoms with Gasteiger partial charge in [0.1, 0.15) is 0 Å². The zero-order valence-corrected chi connectivity index (χ0v) is 15.2. The van der Waals surface area contributed by atoms with Gasteiger partial charge in [-0.2, -0.15) is 0 Å². The van der Waals surface area contributed by atoms with E-state index in [0.717, 1.165) is 5.56 Å². The third-order valence-corrected chi connectivity index (χ3v) is 4.17. The molecule has 0 aliphatic heterocycles. The Bertz CT molecular complexity index is 731. The van der Waals surface area contributed by atoms with Crippen molar-refractivity contribution >= 4 is 11.6 Å². The van der Waals surface area contributed by atoms with E-state index < -0.39 is 0 Å². The van der Waals surface area contributed by atoms with E-state index >= 15 is 0 Å². The molecule has 0 spiro atoms. The van der Waals surface area contributed by atoms with Crippen molar-refractivity contribution in [1.82, 2.24) is 0 Å². The summed E-state index contributed by atoms with van der Waals surface area (Å²) in [5, 5.41) is 0. The van der Waals surface area contributed by atoms with Gasteiger partial charge in [0.2, 0.25) is 0 Å². The second-order valence-corrected chi connectivity index (χ2v) is 7.65. The zero-order chi connectivity index (χ0) is 17.9. The molecule has 2 aromatic rings. The Kier molecular flexibility index (Phi) is 5.38. The Hall–Kier alpha value is -2.22. The molecule has 0 fully saturated rings. The summed E-state index contributed by atoms with van der Waals surface area (Å²) in [6, 6.07) is 15.2. The smallest absolute Gasteiger partial charge is 0.167 e. The minimum atomic E-state index is -0.0408. The highest BCUT2D eigenvalue weighted by Crippen LogP contribution is 2.22. The third kappa shape index (κ3) is 4.41. The fourth-order valence-electron chi connectivity index (χ4n) is 2.61. The van der Waals surface area contributed by atoms with E-state index in [4.69, 9.17) is 0 Å². The van der Waals surface area contributed by atoms with Crippen LogP contribution in [0.15, 0.2) is 48.5 Å². The molecule has 0 atom stereocenters. The van der Waals surface area contributed by atoms with Crippen molar-refractivity contribution in [3.8, 4) is 0 Å². The Morgan fingerprint density at radius 2 is 1.54 bits per heavy atom. The molecule has 2 nitrogen and oxygen atoms in total. The van der Waals surface area contributed by atoms with E-state index in [1.165, 1.54) is 5.56 Å². The standard InChI is InChI=1S/C22H26O2/c1-15(2)21(24)18-8-6-7-16(13-18)14-20(23)17-9-11-19(12-10-17)22(3,4)5/h6-13,15H,14H2,1-5H3. The fourth-order valence-corrected chi connectivity index (χ4v) is 2.61. The monoisotopic (exact) mass is 322 g/mol. The van der Waals surface area contributed by atoms with Gasteiger partial charge in [0.15, 0.2) is 11.6 Å². The molecule has 2 rings (SSSR count). The van der Waals surface area contributed by atoms with Gasteiger partial charge in [-0.25, -0.2) is 0 Å². The molecule has 2 aromatic carbocycles. The van der Waals surface area contributed by atoms with Crippen molar-refractivity contribution in [3.05, 3.63) is 70.8 Å². The number of hydrogen-bond acceptors (Lipinski definition) is 2. The molecule has 0 radical (unpaired) electrons. The first-order valence-corrected chi connectivity index (χ1v) is 8.45. The van der Waals surface area contributed by atoms with Crippen molar-refractivity contribution in [3.63, 3.8) is 0 Å². The number of carbonyl (C=O) groups is 2. The van der Waals surface area contributed by atoms with Crippen LogP contribution in [0.3, 0.4) is 0 Å². The number of hydrogen-bond donors (Lipinski definition) is 0. The van der Waals surface area contributed by atoms with Crippen LogP contribution in [0.1, 0.15) is 66.5 Å². The molecule has 0 aromatic heterocycles. The average molecular weight is 322 g/mol. The van der Waals surface area contributed by atoms with Crippen molar-refractivity contribution in [2.24, 2.45) is 5.92 Å². The van der Waals surface area contributed by atoms with Gasteiger partial charge in [-0.05, 0) is 22.6 Å². The van der Waals surface area contributed by atoms with Crippen LogP contribution in [0.4, 0.5) is 0 Å². The van der Waals surface area contributed by atoms with Gasteiger partial charge in [-0.3, -0.25) is 9.59 Å². The molecule has 126 valence electrons. The molecular formula is C22H26O2. The van der Waals surface area contributed by atoms with Crippen molar-refractivity contribution < 1.29 is 9.59 Å². The summed E-state index contributed by atoms with van der Waals surface area (Å²) in [5.74, 6) is 0.143. The van der Waals surface area contributed by atoms with Crippen molar-refractivity contribution in [2.45, 2.75) is 46.5 Å². The van der Waals surface area contributed by atoms with Crippen LogP contribution in [0.2, 0.25) is 0 Å². The third-order valence-electron chi connectivity index (χ3n) is 4.17. The predicted octanol–water partition coefficient (Wildman–Crippen LogP) is 5.25. The van der Waals surface area contributed by atoms with Gasteiger partial charge in [-0.1, -0.05) is 77.1 Å². The number of benzene rings is 2. The van der Waals surface area contributed by atoms with Crippen LogP contribution < -0.4 is 0 Å². The van der Waals surface area contributed by atoms with Gasteiger partial charge >= 0.3 is 0 Å². The van der Waals surface area contributed by atoms with Crippen LogP contribution in [0, 0.1) is 5.92 Å². The van der Waals surface area contributed by atoms with Gasteiger partial charge in [0.25, 0.3) is 0 Å². The molecule has 0 bridgehead atoms. The largest absolute Gasteiger partial charge is 0.294 e. The minimum absolute atomic E-state index is 0.0408. The Morgan fingerprint density at radius 1 is 0.917 bits per heavy atom. The van der Waals surface area contributed by atoms with E-state index in [0.29, 0.717) is 17.5 Å². The Balaban J connectivity index is 2.15. The van der Waals surface area contributed by atoms with Crippen molar-refractivity contribution in [2.75, 3.05) is 0 Å². The van der Waals surface area contributed by atoms with Crippen LogP contribution in [0.25, 0.3) is 0 Å². The first-order valence-electron chi connectivity index (χ1n) is 8.45. The minimum Gasteiger partial charge on any atom is -0.294 e. The molecule has 0 N–H and O–H groups in total. The highest BCUT2D eigenvalue weighted by Gasteiger charge is 2.15. The van der Waals surface area contributed by atoms with Crippen LogP contribution in [0.5, 0.6) is 0 Å². The summed E-state index contributed by atoms with van der Waals surface area (Å²) in [7, 11) is 0. The zero-order valence-electron chi connectivity index (χ0n) is 15.2. The maximum absolute atomic E-state index is 12.5. The average Bonchev–Trinajstić information content (AvgIpc) is 2.53. The number of Topliss-reactive ketones (excluding diaryl/α,β-unsaturated/α-hetero) is 2. The molecular weight excluding hydrogens is 296 g/mol. The summed E-state index contributed by atoms with van der Waals surface area (Å²) >= 11 is 0. The van der Waals surface area contributed by atoms with E-state index in [9.17, 15) is 9.59 Å². The van der Waals surface area contributed by atoms with Crippen LogP contribution in [-0.2, 0) is 11.8 Å². The SMILES string of the molecule is CC(C)C(=O)c1cccc(CC(=O)c2ccc(C(C)(C)C)cc2)c1. The lowest BCUT2D eigenvalue weighted by Crippen LogP contribution is -2.12. The maximum atomic E-state index is 12.5. The summed E-state index contributed by atoms with van der Waals surface area (Å²) in [6.07, 6.45) is 0.314. The molecule has 24 heavy (non-hydrogen) atoms. The molecule has 0 heterocycles. The number of carbonyl (C=O) groups excluding carboxylic acids is 2. The van der Waals surface area contributed by atoms with Crippen LogP contribution >= 0.6 is 0 Å². The second kappa shape index (κ2) is 7.12. The van der Waals surface area contributed by atoms with E-state index in [-0.39, 0.29) is 22.9 Å². The molecule has 2 heteroatoms. The van der Waals surface area contributed by atoms with E-state index in [2.05, 4.69) is 20.8 Å². The summed E-state index contributed by atoms with van der Waals surface area (Å²) < 4.78 is 0. The lowest BCUT2D eigenvalue weighted by Gasteiger charge is -2.19.